The van der Waals surface area contributed by atoms with Crippen molar-refractivity contribution in [2.24, 2.45) is 0 Å². The molecule has 2 aromatic carbocycles. The van der Waals surface area contributed by atoms with E-state index in [2.05, 4.69) is 15.4 Å². The van der Waals surface area contributed by atoms with E-state index in [1.165, 1.54) is 18.9 Å². The fourth-order valence-electron chi connectivity index (χ4n) is 2.09. The van der Waals surface area contributed by atoms with Crippen molar-refractivity contribution in [1.82, 2.24) is 5.32 Å². The largest absolute Gasteiger partial charge is 0.468 e. The second-order valence-corrected chi connectivity index (χ2v) is 6.46. The summed E-state index contributed by atoms with van der Waals surface area (Å²) in [5, 5.41) is 5.24. The number of benzene rings is 2. The van der Waals surface area contributed by atoms with Crippen molar-refractivity contribution in [3.8, 4) is 0 Å². The summed E-state index contributed by atoms with van der Waals surface area (Å²) in [6.45, 7) is 1.81. The Morgan fingerprint density at radius 2 is 1.73 bits per heavy atom. The molecule has 0 heterocycles. The predicted molar refractivity (Wildman–Crippen MR) is 101 cm³/mol. The number of carbonyl (C=O) groups is 3. The molecule has 0 aromatic heterocycles. The number of ether oxygens (including phenoxy) is 1. The van der Waals surface area contributed by atoms with Crippen LogP contribution in [0.5, 0.6) is 0 Å². The highest BCUT2D eigenvalue weighted by Crippen LogP contribution is 2.22. The molecule has 2 aromatic rings. The molecule has 26 heavy (non-hydrogen) atoms. The average molecular weight is 372 g/mol. The number of esters is 1. The zero-order valence-corrected chi connectivity index (χ0v) is 15.4. The maximum atomic E-state index is 12.1. The standard InChI is InChI=1S/C19H20N2O4S/c1-13-5-3-4-6-16(13)26-12-17(22)21-15-9-7-14(8-10-15)19(24)20-11-18(23)25-2/h3-10H,11-12H2,1-2H3,(H,20,24)(H,21,22). The SMILES string of the molecule is COC(=O)CNC(=O)c1ccc(NC(=O)CSc2ccccc2C)cc1. The van der Waals surface area contributed by atoms with Crippen LogP contribution in [0.4, 0.5) is 5.69 Å². The van der Waals surface area contributed by atoms with Crippen molar-refractivity contribution in [2.75, 3.05) is 24.7 Å². The predicted octanol–water partition coefficient (Wildman–Crippen LogP) is 2.63. The summed E-state index contributed by atoms with van der Waals surface area (Å²) in [7, 11) is 1.25. The third-order valence-electron chi connectivity index (χ3n) is 3.50. The van der Waals surface area contributed by atoms with Crippen LogP contribution in [-0.2, 0) is 14.3 Å². The third-order valence-corrected chi connectivity index (χ3v) is 4.68. The van der Waals surface area contributed by atoms with Crippen molar-refractivity contribution in [3.05, 3.63) is 59.7 Å². The maximum absolute atomic E-state index is 12.1. The van der Waals surface area contributed by atoms with Crippen LogP contribution in [0.25, 0.3) is 0 Å². The van der Waals surface area contributed by atoms with Crippen LogP contribution in [0.3, 0.4) is 0 Å². The van der Waals surface area contributed by atoms with E-state index < -0.39 is 5.97 Å². The molecule has 0 unspecified atom stereocenters. The van der Waals surface area contributed by atoms with Crippen LogP contribution in [0.15, 0.2) is 53.4 Å². The van der Waals surface area contributed by atoms with Gasteiger partial charge in [0.15, 0.2) is 0 Å². The van der Waals surface area contributed by atoms with E-state index in [1.54, 1.807) is 24.3 Å². The van der Waals surface area contributed by atoms with E-state index in [-0.39, 0.29) is 18.4 Å². The Bertz CT molecular complexity index is 790. The topological polar surface area (TPSA) is 84.5 Å². The quantitative estimate of drug-likeness (QED) is 0.577. The van der Waals surface area contributed by atoms with E-state index in [9.17, 15) is 14.4 Å². The van der Waals surface area contributed by atoms with Gasteiger partial charge in [0, 0.05) is 16.1 Å². The van der Waals surface area contributed by atoms with Crippen molar-refractivity contribution < 1.29 is 19.1 Å². The second-order valence-electron chi connectivity index (χ2n) is 5.44. The van der Waals surface area contributed by atoms with Crippen LogP contribution >= 0.6 is 11.8 Å². The highest BCUT2D eigenvalue weighted by Gasteiger charge is 2.09. The Balaban J connectivity index is 1.84. The number of thioether (sulfide) groups is 1. The number of hydrogen-bond donors (Lipinski definition) is 2. The minimum atomic E-state index is -0.520. The lowest BCUT2D eigenvalue weighted by Crippen LogP contribution is -2.30. The van der Waals surface area contributed by atoms with Gasteiger partial charge in [-0.3, -0.25) is 14.4 Å². The first-order valence-electron chi connectivity index (χ1n) is 7.93. The minimum Gasteiger partial charge on any atom is -0.468 e. The summed E-state index contributed by atoms with van der Waals surface area (Å²) in [5.74, 6) is -0.732. The van der Waals surface area contributed by atoms with E-state index in [0.717, 1.165) is 10.5 Å². The lowest BCUT2D eigenvalue weighted by molar-refractivity contribution is -0.139. The van der Waals surface area contributed by atoms with Crippen LogP contribution in [0.1, 0.15) is 15.9 Å². The van der Waals surface area contributed by atoms with Crippen LogP contribution in [0.2, 0.25) is 0 Å². The van der Waals surface area contributed by atoms with Gasteiger partial charge >= 0.3 is 5.97 Å². The zero-order chi connectivity index (χ0) is 18.9. The van der Waals surface area contributed by atoms with Crippen molar-refractivity contribution in [1.29, 1.82) is 0 Å². The normalized spacial score (nSPS) is 10.1. The van der Waals surface area contributed by atoms with Gasteiger partial charge in [-0.25, -0.2) is 0 Å². The molecule has 0 saturated heterocycles. The number of carbonyl (C=O) groups excluding carboxylic acids is 3. The van der Waals surface area contributed by atoms with Gasteiger partial charge in [0.25, 0.3) is 5.91 Å². The molecule has 0 radical (unpaired) electrons. The van der Waals surface area contributed by atoms with Crippen LogP contribution < -0.4 is 10.6 Å². The van der Waals surface area contributed by atoms with Crippen LogP contribution in [-0.4, -0.2) is 37.2 Å². The molecule has 0 saturated carbocycles. The maximum Gasteiger partial charge on any atom is 0.325 e. The molecule has 2 rings (SSSR count). The number of hydrogen-bond acceptors (Lipinski definition) is 5. The highest BCUT2D eigenvalue weighted by molar-refractivity contribution is 8.00. The van der Waals surface area contributed by atoms with Gasteiger partial charge in [0.1, 0.15) is 6.54 Å². The summed E-state index contributed by atoms with van der Waals surface area (Å²) in [5.41, 5.74) is 2.12. The Morgan fingerprint density at radius 3 is 2.38 bits per heavy atom. The van der Waals surface area contributed by atoms with E-state index in [4.69, 9.17) is 0 Å². The van der Waals surface area contributed by atoms with E-state index >= 15 is 0 Å². The molecule has 7 heteroatoms. The number of rotatable bonds is 7. The Hall–Kier alpha value is -2.80. The Labute approximate surface area is 156 Å². The van der Waals surface area contributed by atoms with Crippen molar-refractivity contribution >= 4 is 35.2 Å². The first kappa shape index (κ1) is 19.5. The lowest BCUT2D eigenvalue weighted by Gasteiger charge is -2.08. The average Bonchev–Trinajstić information content (AvgIpc) is 2.65. The molecule has 6 nitrogen and oxygen atoms in total. The molecular formula is C19H20N2O4S. The van der Waals surface area contributed by atoms with Gasteiger partial charge in [0.05, 0.1) is 12.9 Å². The molecule has 0 fully saturated rings. The number of anilines is 1. The molecule has 2 amide bonds. The molecule has 0 atom stereocenters. The monoisotopic (exact) mass is 372 g/mol. The summed E-state index contributed by atoms with van der Waals surface area (Å²) < 4.78 is 4.46. The fraction of sp³-hybridized carbons (Fsp3) is 0.211. The van der Waals surface area contributed by atoms with Gasteiger partial charge < -0.3 is 15.4 Å². The summed E-state index contributed by atoms with van der Waals surface area (Å²) >= 11 is 1.47. The number of nitrogens with one attached hydrogen (secondary N) is 2. The lowest BCUT2D eigenvalue weighted by atomic mass is 10.2. The molecule has 0 aliphatic rings. The Morgan fingerprint density at radius 1 is 1.04 bits per heavy atom. The smallest absolute Gasteiger partial charge is 0.325 e. The molecular weight excluding hydrogens is 352 g/mol. The summed E-state index contributed by atoms with van der Waals surface area (Å²) in [6, 6.07) is 14.3. The molecule has 0 aliphatic carbocycles. The number of aryl methyl sites for hydroxylation is 1. The molecule has 0 aliphatic heterocycles. The molecule has 0 bridgehead atoms. The summed E-state index contributed by atoms with van der Waals surface area (Å²) in [6.07, 6.45) is 0. The first-order chi connectivity index (χ1) is 12.5. The minimum absolute atomic E-state index is 0.124. The van der Waals surface area contributed by atoms with Crippen LogP contribution in [0, 0.1) is 6.92 Å². The number of methoxy groups -OCH3 is 1. The summed E-state index contributed by atoms with van der Waals surface area (Å²) in [4.78, 5) is 36.0. The Kier molecular flexibility index (Phi) is 7.23. The third kappa shape index (κ3) is 5.93. The van der Waals surface area contributed by atoms with E-state index in [0.29, 0.717) is 17.0 Å². The van der Waals surface area contributed by atoms with Gasteiger partial charge in [-0.2, -0.15) is 0 Å². The highest BCUT2D eigenvalue weighted by atomic mass is 32.2. The molecule has 136 valence electrons. The molecule has 2 N–H and O–H groups in total. The van der Waals surface area contributed by atoms with Crippen molar-refractivity contribution in [2.45, 2.75) is 11.8 Å². The van der Waals surface area contributed by atoms with Gasteiger partial charge in [-0.05, 0) is 42.8 Å². The van der Waals surface area contributed by atoms with Gasteiger partial charge in [0.2, 0.25) is 5.91 Å². The fourth-order valence-corrected chi connectivity index (χ4v) is 2.92. The van der Waals surface area contributed by atoms with Gasteiger partial charge in [-0.1, -0.05) is 18.2 Å². The zero-order valence-electron chi connectivity index (χ0n) is 14.6. The van der Waals surface area contributed by atoms with Gasteiger partial charge in [-0.15, -0.1) is 11.8 Å². The van der Waals surface area contributed by atoms with E-state index in [1.807, 2.05) is 31.2 Å². The molecule has 0 spiro atoms. The van der Waals surface area contributed by atoms with Crippen molar-refractivity contribution in [3.63, 3.8) is 0 Å². The second kappa shape index (κ2) is 9.62. The number of amides is 2. The first-order valence-corrected chi connectivity index (χ1v) is 8.91.